The Morgan fingerprint density at radius 1 is 1.18 bits per heavy atom. The number of nitrogens with zero attached hydrogens (tertiary/aromatic N) is 2. The van der Waals surface area contributed by atoms with Gasteiger partial charge in [0.05, 0.1) is 11.9 Å². The van der Waals surface area contributed by atoms with E-state index in [1.54, 1.807) is 23.4 Å². The number of nitrogens with one attached hydrogen (secondary N) is 1. The topological polar surface area (TPSA) is 54.5 Å². The first-order valence-electron chi connectivity index (χ1n) is 7.43. The van der Waals surface area contributed by atoms with Gasteiger partial charge in [-0.25, -0.2) is 4.79 Å². The van der Waals surface area contributed by atoms with Gasteiger partial charge in [0.2, 0.25) is 0 Å². The van der Waals surface area contributed by atoms with Crippen LogP contribution in [0.2, 0.25) is 0 Å². The van der Waals surface area contributed by atoms with Gasteiger partial charge in [-0.3, -0.25) is 4.98 Å². The second-order valence-corrected chi connectivity index (χ2v) is 4.75. The minimum atomic E-state index is -0.360. The molecule has 0 unspecified atom stereocenters. The third kappa shape index (κ3) is 4.22. The Hall–Kier alpha value is -2.56. The van der Waals surface area contributed by atoms with E-state index in [1.165, 1.54) is 0 Å². The lowest BCUT2D eigenvalue weighted by atomic mass is 10.2. The number of anilines is 1. The largest absolute Gasteiger partial charge is 0.415 e. The summed E-state index contributed by atoms with van der Waals surface area (Å²) in [5, 5.41) is 3.27. The van der Waals surface area contributed by atoms with E-state index in [-0.39, 0.29) is 6.09 Å². The van der Waals surface area contributed by atoms with Gasteiger partial charge in [0.1, 0.15) is 0 Å². The molecule has 1 N–H and O–H groups in total. The number of aromatic nitrogens is 1. The van der Waals surface area contributed by atoms with Crippen LogP contribution in [0.3, 0.4) is 0 Å². The van der Waals surface area contributed by atoms with Crippen molar-refractivity contribution in [1.82, 2.24) is 9.88 Å². The molecule has 2 aromatic rings. The second-order valence-electron chi connectivity index (χ2n) is 4.75. The SMILES string of the molecule is CCN(CC)C(=O)Oc1cnccc1NCc1ccccc1. The van der Waals surface area contributed by atoms with Crippen LogP contribution in [-0.4, -0.2) is 29.1 Å². The molecule has 0 radical (unpaired) electrons. The van der Waals surface area contributed by atoms with Crippen molar-refractivity contribution in [3.63, 3.8) is 0 Å². The zero-order chi connectivity index (χ0) is 15.8. The molecule has 22 heavy (non-hydrogen) atoms. The lowest BCUT2D eigenvalue weighted by molar-refractivity contribution is 0.157. The summed E-state index contributed by atoms with van der Waals surface area (Å²) in [6.45, 7) is 5.72. The molecule has 0 atom stereocenters. The first-order valence-corrected chi connectivity index (χ1v) is 7.43. The lowest BCUT2D eigenvalue weighted by Gasteiger charge is -2.19. The monoisotopic (exact) mass is 299 g/mol. The Kier molecular flexibility index (Phi) is 5.77. The van der Waals surface area contributed by atoms with Crippen LogP contribution in [0.5, 0.6) is 5.75 Å². The van der Waals surface area contributed by atoms with Crippen molar-refractivity contribution in [2.24, 2.45) is 0 Å². The van der Waals surface area contributed by atoms with Gasteiger partial charge in [0, 0.05) is 25.8 Å². The molecule has 0 saturated heterocycles. The van der Waals surface area contributed by atoms with Crippen LogP contribution in [0.15, 0.2) is 48.8 Å². The molecule has 5 nitrogen and oxygen atoms in total. The number of amides is 1. The van der Waals surface area contributed by atoms with Crippen molar-refractivity contribution in [2.45, 2.75) is 20.4 Å². The fraction of sp³-hybridized carbons (Fsp3) is 0.294. The summed E-state index contributed by atoms with van der Waals surface area (Å²) in [7, 11) is 0. The van der Waals surface area contributed by atoms with E-state index < -0.39 is 0 Å². The Labute approximate surface area is 130 Å². The van der Waals surface area contributed by atoms with Crippen molar-refractivity contribution in [3.05, 3.63) is 54.4 Å². The molecule has 0 aliphatic rings. The number of hydrogen-bond acceptors (Lipinski definition) is 4. The van der Waals surface area contributed by atoms with Crippen LogP contribution >= 0.6 is 0 Å². The van der Waals surface area contributed by atoms with Crippen LogP contribution < -0.4 is 10.1 Å². The summed E-state index contributed by atoms with van der Waals surface area (Å²) in [4.78, 5) is 17.7. The molecule has 5 heteroatoms. The van der Waals surface area contributed by atoms with Gasteiger partial charge in [0.15, 0.2) is 5.75 Å². The molecule has 0 bridgehead atoms. The van der Waals surface area contributed by atoms with Crippen LogP contribution in [0.25, 0.3) is 0 Å². The number of ether oxygens (including phenoxy) is 1. The second kappa shape index (κ2) is 8.02. The molecule has 2 rings (SSSR count). The number of hydrogen-bond donors (Lipinski definition) is 1. The highest BCUT2D eigenvalue weighted by molar-refractivity contribution is 5.73. The maximum atomic E-state index is 12.0. The molecule has 116 valence electrons. The molecule has 1 amide bonds. The van der Waals surface area contributed by atoms with Crippen molar-refractivity contribution in [2.75, 3.05) is 18.4 Å². The molecule has 0 spiro atoms. The van der Waals surface area contributed by atoms with Gasteiger partial charge in [-0.1, -0.05) is 30.3 Å². The molecule has 0 aliphatic carbocycles. The number of pyridine rings is 1. The Morgan fingerprint density at radius 2 is 1.91 bits per heavy atom. The van der Waals surface area contributed by atoms with Crippen LogP contribution in [0.1, 0.15) is 19.4 Å². The Bertz CT molecular complexity index is 598. The minimum Gasteiger partial charge on any atom is -0.406 e. The Morgan fingerprint density at radius 3 is 2.59 bits per heavy atom. The highest BCUT2D eigenvalue weighted by Gasteiger charge is 2.14. The highest BCUT2D eigenvalue weighted by Crippen LogP contribution is 2.23. The van der Waals surface area contributed by atoms with E-state index in [0.29, 0.717) is 25.4 Å². The zero-order valence-electron chi connectivity index (χ0n) is 13.0. The standard InChI is InChI=1S/C17H21N3O2/c1-3-20(4-2)17(21)22-16-13-18-11-10-15(16)19-12-14-8-6-5-7-9-14/h5-11,13H,3-4,12H2,1-2H3,(H,18,19). The highest BCUT2D eigenvalue weighted by atomic mass is 16.6. The van der Waals surface area contributed by atoms with E-state index in [4.69, 9.17) is 4.74 Å². The summed E-state index contributed by atoms with van der Waals surface area (Å²) in [6.07, 6.45) is 2.86. The van der Waals surface area contributed by atoms with Gasteiger partial charge in [0.25, 0.3) is 0 Å². The minimum absolute atomic E-state index is 0.360. The van der Waals surface area contributed by atoms with Crippen LogP contribution in [-0.2, 0) is 6.54 Å². The molecule has 1 heterocycles. The number of carbonyl (C=O) groups is 1. The fourth-order valence-electron chi connectivity index (χ4n) is 2.04. The van der Waals surface area contributed by atoms with E-state index in [9.17, 15) is 4.79 Å². The number of benzene rings is 1. The van der Waals surface area contributed by atoms with Gasteiger partial charge >= 0.3 is 6.09 Å². The van der Waals surface area contributed by atoms with E-state index in [2.05, 4.69) is 10.3 Å². The van der Waals surface area contributed by atoms with Crippen LogP contribution in [0.4, 0.5) is 10.5 Å². The van der Waals surface area contributed by atoms with Crippen LogP contribution in [0, 0.1) is 0 Å². The van der Waals surface area contributed by atoms with Gasteiger partial charge in [-0.15, -0.1) is 0 Å². The average molecular weight is 299 g/mol. The van der Waals surface area contributed by atoms with Crippen molar-refractivity contribution in [3.8, 4) is 5.75 Å². The average Bonchev–Trinajstić information content (AvgIpc) is 2.56. The molecule has 1 aromatic carbocycles. The van der Waals surface area contributed by atoms with Gasteiger partial charge in [-0.2, -0.15) is 0 Å². The summed E-state index contributed by atoms with van der Waals surface area (Å²) in [5.74, 6) is 0.440. The van der Waals surface area contributed by atoms with E-state index >= 15 is 0 Å². The molecule has 1 aromatic heterocycles. The lowest BCUT2D eigenvalue weighted by Crippen LogP contribution is -2.33. The zero-order valence-corrected chi connectivity index (χ0v) is 13.0. The summed E-state index contributed by atoms with van der Waals surface area (Å²) < 4.78 is 5.44. The van der Waals surface area contributed by atoms with Crippen molar-refractivity contribution in [1.29, 1.82) is 0 Å². The number of rotatable bonds is 6. The van der Waals surface area contributed by atoms with Crippen molar-refractivity contribution < 1.29 is 9.53 Å². The molecular weight excluding hydrogens is 278 g/mol. The summed E-state index contributed by atoms with van der Waals surface area (Å²) >= 11 is 0. The first kappa shape index (κ1) is 15.8. The molecule has 0 fully saturated rings. The third-order valence-corrected chi connectivity index (χ3v) is 3.33. The van der Waals surface area contributed by atoms with Gasteiger partial charge < -0.3 is 15.0 Å². The van der Waals surface area contributed by atoms with E-state index in [0.717, 1.165) is 11.3 Å². The number of carbonyl (C=O) groups excluding carboxylic acids is 1. The predicted molar refractivity (Wildman–Crippen MR) is 87.0 cm³/mol. The molecular formula is C17H21N3O2. The normalized spacial score (nSPS) is 10.1. The molecule has 0 aliphatic heterocycles. The Balaban J connectivity index is 2.05. The summed E-state index contributed by atoms with van der Waals surface area (Å²) in [6, 6.07) is 11.8. The first-order chi connectivity index (χ1) is 10.7. The van der Waals surface area contributed by atoms with Crippen molar-refractivity contribution >= 4 is 11.8 Å². The quantitative estimate of drug-likeness (QED) is 0.886. The third-order valence-electron chi connectivity index (χ3n) is 3.33. The maximum absolute atomic E-state index is 12.0. The van der Waals surface area contributed by atoms with E-state index in [1.807, 2.05) is 44.2 Å². The maximum Gasteiger partial charge on any atom is 0.415 e. The smallest absolute Gasteiger partial charge is 0.406 e. The van der Waals surface area contributed by atoms with Gasteiger partial charge in [-0.05, 0) is 25.5 Å². The summed E-state index contributed by atoms with van der Waals surface area (Å²) in [5.41, 5.74) is 1.90. The predicted octanol–water partition coefficient (Wildman–Crippen LogP) is 3.53. The molecule has 0 saturated carbocycles. The fourth-order valence-corrected chi connectivity index (χ4v) is 2.04.